The van der Waals surface area contributed by atoms with E-state index in [1.165, 1.54) is 12.1 Å². The molecule has 1 aromatic heterocycles. The Morgan fingerprint density at radius 3 is 2.23 bits per heavy atom. The number of nitrogens with zero attached hydrogens (tertiary/aromatic N) is 3. The average molecular weight is 316 g/mol. The number of para-hydroxylation sites is 2. The number of nitro benzene ring substituents is 2. The maximum atomic E-state index is 10.9. The Kier molecular flexibility index (Phi) is 3.47. The predicted octanol–water partition coefficient (Wildman–Crippen LogP) is 3.53. The van der Waals surface area contributed by atoms with Gasteiger partial charge in [-0.15, -0.1) is 0 Å². The van der Waals surface area contributed by atoms with Crippen LogP contribution >= 0.6 is 11.8 Å². The maximum Gasteiger partial charge on any atom is 0.277 e. The molecule has 22 heavy (non-hydrogen) atoms. The molecule has 0 saturated carbocycles. The van der Waals surface area contributed by atoms with Crippen LogP contribution in [0.15, 0.2) is 52.5 Å². The van der Waals surface area contributed by atoms with Crippen molar-refractivity contribution in [3.8, 4) is 0 Å². The first-order valence-corrected chi connectivity index (χ1v) is 6.91. The van der Waals surface area contributed by atoms with Gasteiger partial charge < -0.3 is 4.98 Å². The third-order valence-electron chi connectivity index (χ3n) is 2.88. The molecule has 0 saturated heterocycles. The number of fused-ring (bicyclic) bond motifs is 1. The molecule has 0 aliphatic rings. The van der Waals surface area contributed by atoms with E-state index in [0.717, 1.165) is 28.9 Å². The first kappa shape index (κ1) is 14.0. The molecule has 2 aromatic carbocycles. The van der Waals surface area contributed by atoms with Crippen molar-refractivity contribution in [2.45, 2.75) is 10.1 Å². The smallest absolute Gasteiger partial charge is 0.277 e. The number of nitrogens with one attached hydrogen (secondary N) is 1. The van der Waals surface area contributed by atoms with Crippen LogP contribution < -0.4 is 0 Å². The van der Waals surface area contributed by atoms with E-state index in [9.17, 15) is 20.2 Å². The highest BCUT2D eigenvalue weighted by atomic mass is 32.2. The van der Waals surface area contributed by atoms with Crippen LogP contribution in [-0.4, -0.2) is 19.8 Å². The first-order chi connectivity index (χ1) is 10.5. The second-order valence-corrected chi connectivity index (χ2v) is 5.42. The van der Waals surface area contributed by atoms with Gasteiger partial charge in [0.1, 0.15) is 0 Å². The highest BCUT2D eigenvalue weighted by molar-refractivity contribution is 7.99. The summed E-state index contributed by atoms with van der Waals surface area (Å²) in [7, 11) is 0. The zero-order valence-electron chi connectivity index (χ0n) is 10.9. The molecule has 0 bridgehead atoms. The number of benzene rings is 2. The van der Waals surface area contributed by atoms with Gasteiger partial charge in [-0.2, -0.15) is 0 Å². The first-order valence-electron chi connectivity index (χ1n) is 6.09. The largest absolute Gasteiger partial charge is 0.333 e. The zero-order valence-corrected chi connectivity index (χ0v) is 11.7. The summed E-state index contributed by atoms with van der Waals surface area (Å²) in [6, 6.07) is 10.9. The van der Waals surface area contributed by atoms with Gasteiger partial charge in [0.05, 0.1) is 26.9 Å². The SMILES string of the molecule is O=[N+]([O-])c1cc(Sc2nc3ccccc3[nH]2)cc([N+](=O)[O-])c1. The summed E-state index contributed by atoms with van der Waals surface area (Å²) in [5.74, 6) is 0. The highest BCUT2D eigenvalue weighted by Gasteiger charge is 2.17. The van der Waals surface area contributed by atoms with Gasteiger partial charge in [0.15, 0.2) is 5.16 Å². The van der Waals surface area contributed by atoms with Crippen LogP contribution in [0.3, 0.4) is 0 Å². The Bertz CT molecular complexity index is 827. The van der Waals surface area contributed by atoms with Crippen molar-refractivity contribution in [3.63, 3.8) is 0 Å². The van der Waals surface area contributed by atoms with E-state index in [1.54, 1.807) is 0 Å². The Morgan fingerprint density at radius 2 is 1.64 bits per heavy atom. The molecule has 9 heteroatoms. The average Bonchev–Trinajstić information content (AvgIpc) is 2.88. The van der Waals surface area contributed by atoms with E-state index in [1.807, 2.05) is 24.3 Å². The predicted molar refractivity (Wildman–Crippen MR) is 80.0 cm³/mol. The summed E-state index contributed by atoms with van der Waals surface area (Å²) in [5.41, 5.74) is 0.926. The lowest BCUT2D eigenvalue weighted by Gasteiger charge is -1.99. The zero-order chi connectivity index (χ0) is 15.7. The number of rotatable bonds is 4. The second kappa shape index (κ2) is 5.45. The van der Waals surface area contributed by atoms with E-state index < -0.39 is 9.85 Å². The number of H-pyrrole nitrogens is 1. The van der Waals surface area contributed by atoms with Gasteiger partial charge in [-0.1, -0.05) is 23.9 Å². The van der Waals surface area contributed by atoms with Crippen molar-refractivity contribution in [2.24, 2.45) is 0 Å². The molecular weight excluding hydrogens is 308 g/mol. The van der Waals surface area contributed by atoms with Crippen molar-refractivity contribution in [2.75, 3.05) is 0 Å². The van der Waals surface area contributed by atoms with Gasteiger partial charge in [0.2, 0.25) is 0 Å². The molecule has 0 aliphatic carbocycles. The van der Waals surface area contributed by atoms with Gasteiger partial charge in [0, 0.05) is 17.0 Å². The van der Waals surface area contributed by atoms with Crippen LogP contribution in [-0.2, 0) is 0 Å². The standard InChI is InChI=1S/C13H8N4O4S/c18-16(19)8-5-9(17(20)21)7-10(6-8)22-13-14-11-3-1-2-4-12(11)15-13/h1-7H,(H,14,15). The topological polar surface area (TPSA) is 115 Å². The number of imidazole rings is 1. The number of hydrogen-bond acceptors (Lipinski definition) is 6. The number of non-ortho nitro benzene ring substituents is 2. The van der Waals surface area contributed by atoms with Crippen LogP contribution in [0.2, 0.25) is 0 Å². The molecule has 110 valence electrons. The van der Waals surface area contributed by atoms with Gasteiger partial charge in [-0.05, 0) is 12.1 Å². The second-order valence-electron chi connectivity index (χ2n) is 4.36. The molecule has 0 radical (unpaired) electrons. The minimum Gasteiger partial charge on any atom is -0.333 e. The van der Waals surface area contributed by atoms with Crippen LogP contribution in [0.4, 0.5) is 11.4 Å². The monoisotopic (exact) mass is 316 g/mol. The minimum absolute atomic E-state index is 0.326. The third kappa shape index (κ3) is 2.74. The molecule has 3 aromatic rings. The van der Waals surface area contributed by atoms with Crippen molar-refractivity contribution in [1.82, 2.24) is 9.97 Å². The normalized spacial score (nSPS) is 10.7. The molecule has 0 spiro atoms. The molecule has 0 unspecified atom stereocenters. The number of aromatic nitrogens is 2. The molecule has 0 aliphatic heterocycles. The number of aromatic amines is 1. The molecule has 8 nitrogen and oxygen atoms in total. The Labute approximate surface area is 127 Å². The van der Waals surface area contributed by atoms with Gasteiger partial charge in [-0.3, -0.25) is 20.2 Å². The molecule has 1 N–H and O–H groups in total. The molecular formula is C13H8N4O4S. The van der Waals surface area contributed by atoms with E-state index in [4.69, 9.17) is 0 Å². The Balaban J connectivity index is 2.00. The van der Waals surface area contributed by atoms with Crippen molar-refractivity contribution in [3.05, 3.63) is 62.7 Å². The Hall–Kier alpha value is -2.94. The van der Waals surface area contributed by atoms with Crippen molar-refractivity contribution >= 4 is 34.2 Å². The van der Waals surface area contributed by atoms with Crippen molar-refractivity contribution in [1.29, 1.82) is 0 Å². The van der Waals surface area contributed by atoms with Gasteiger partial charge in [-0.25, -0.2) is 4.98 Å². The minimum atomic E-state index is -0.657. The molecule has 0 fully saturated rings. The van der Waals surface area contributed by atoms with Crippen LogP contribution in [0.5, 0.6) is 0 Å². The lowest BCUT2D eigenvalue weighted by Crippen LogP contribution is -1.93. The molecule has 0 amide bonds. The third-order valence-corrected chi connectivity index (χ3v) is 3.74. The lowest BCUT2D eigenvalue weighted by atomic mass is 10.3. The molecule has 0 atom stereocenters. The van der Waals surface area contributed by atoms with E-state index in [0.29, 0.717) is 10.1 Å². The highest BCUT2D eigenvalue weighted by Crippen LogP contribution is 2.33. The summed E-state index contributed by atoms with van der Waals surface area (Å²) < 4.78 is 0. The quantitative estimate of drug-likeness (QED) is 0.581. The number of nitro groups is 2. The van der Waals surface area contributed by atoms with E-state index in [2.05, 4.69) is 9.97 Å². The lowest BCUT2D eigenvalue weighted by molar-refractivity contribution is -0.394. The fourth-order valence-corrected chi connectivity index (χ4v) is 2.81. The maximum absolute atomic E-state index is 10.9. The fourth-order valence-electron chi connectivity index (χ4n) is 1.93. The van der Waals surface area contributed by atoms with Crippen LogP contribution in [0, 0.1) is 20.2 Å². The number of hydrogen-bond donors (Lipinski definition) is 1. The van der Waals surface area contributed by atoms with Gasteiger partial charge >= 0.3 is 0 Å². The van der Waals surface area contributed by atoms with E-state index >= 15 is 0 Å². The summed E-state index contributed by atoms with van der Waals surface area (Å²) in [5, 5.41) is 22.3. The summed E-state index contributed by atoms with van der Waals surface area (Å²) in [4.78, 5) is 28.2. The fraction of sp³-hybridized carbons (Fsp3) is 0. The van der Waals surface area contributed by atoms with Crippen LogP contribution in [0.25, 0.3) is 11.0 Å². The summed E-state index contributed by atoms with van der Waals surface area (Å²) in [6.07, 6.45) is 0. The molecule has 1 heterocycles. The van der Waals surface area contributed by atoms with E-state index in [-0.39, 0.29) is 11.4 Å². The summed E-state index contributed by atoms with van der Waals surface area (Å²) >= 11 is 1.10. The molecule has 3 rings (SSSR count). The summed E-state index contributed by atoms with van der Waals surface area (Å²) in [6.45, 7) is 0. The van der Waals surface area contributed by atoms with Crippen molar-refractivity contribution < 1.29 is 9.85 Å². The Morgan fingerprint density at radius 1 is 1.00 bits per heavy atom. The van der Waals surface area contributed by atoms with Crippen LogP contribution in [0.1, 0.15) is 0 Å². The van der Waals surface area contributed by atoms with Gasteiger partial charge in [0.25, 0.3) is 11.4 Å².